The minimum atomic E-state index is -3.75. The maximum absolute atomic E-state index is 12.6. The number of hydrogen-bond donors (Lipinski definition) is 1. The number of rotatable bonds is 6. The van der Waals surface area contributed by atoms with Crippen LogP contribution in [0.3, 0.4) is 0 Å². The Morgan fingerprint density at radius 3 is 2.26 bits per heavy atom. The first-order chi connectivity index (χ1) is 12.5. The Kier molecular flexibility index (Phi) is 5.85. The average molecular weight is 391 g/mol. The number of aryl methyl sites for hydroxylation is 2. The van der Waals surface area contributed by atoms with Gasteiger partial charge in [-0.25, -0.2) is 8.42 Å². The number of hydrogen-bond acceptors (Lipinski definition) is 5. The highest BCUT2D eigenvalue weighted by Crippen LogP contribution is 2.25. The number of carbonyl (C=O) groups is 1. The van der Waals surface area contributed by atoms with Crippen LogP contribution in [0.2, 0.25) is 0 Å². The van der Waals surface area contributed by atoms with Crippen molar-refractivity contribution >= 4 is 33.0 Å². The fourth-order valence-corrected chi connectivity index (χ4v) is 3.99. The van der Waals surface area contributed by atoms with Crippen LogP contribution in [0.5, 0.6) is 0 Å². The Balaban J connectivity index is 2.35. The van der Waals surface area contributed by atoms with Crippen LogP contribution in [0.15, 0.2) is 42.5 Å². The van der Waals surface area contributed by atoms with Gasteiger partial charge in [0.15, 0.2) is 0 Å². The third kappa shape index (κ3) is 5.04. The molecule has 2 rings (SSSR count). The van der Waals surface area contributed by atoms with Gasteiger partial charge in [0.25, 0.3) is 5.69 Å². The SMILES string of the molecule is Cc1cc(C)cc(N([C@H](C)C(=O)Nc2cccc([N+](=O)[O-])c2)S(C)(=O)=O)c1. The molecule has 2 aromatic carbocycles. The summed E-state index contributed by atoms with van der Waals surface area (Å²) in [5, 5.41) is 13.4. The Hall–Kier alpha value is -2.94. The summed E-state index contributed by atoms with van der Waals surface area (Å²) in [4.78, 5) is 22.9. The monoisotopic (exact) mass is 391 g/mol. The summed E-state index contributed by atoms with van der Waals surface area (Å²) in [5.41, 5.74) is 2.16. The second kappa shape index (κ2) is 7.75. The Morgan fingerprint density at radius 2 is 1.74 bits per heavy atom. The summed E-state index contributed by atoms with van der Waals surface area (Å²) in [5.74, 6) is -0.597. The molecule has 0 aliphatic carbocycles. The lowest BCUT2D eigenvalue weighted by Gasteiger charge is -2.28. The second-order valence-corrected chi connectivity index (χ2v) is 8.24. The summed E-state index contributed by atoms with van der Waals surface area (Å²) in [6.07, 6.45) is 1.03. The first kappa shape index (κ1) is 20.4. The molecule has 0 heterocycles. The highest BCUT2D eigenvalue weighted by molar-refractivity contribution is 7.92. The number of anilines is 2. The summed E-state index contributed by atoms with van der Waals surface area (Å²) in [6.45, 7) is 5.14. The predicted octanol–water partition coefficient (Wildman–Crippen LogP) is 3.00. The molecular formula is C18H21N3O5S. The molecular weight excluding hydrogens is 370 g/mol. The first-order valence-electron chi connectivity index (χ1n) is 8.12. The zero-order valence-corrected chi connectivity index (χ0v) is 16.3. The summed E-state index contributed by atoms with van der Waals surface area (Å²) >= 11 is 0. The molecule has 0 saturated carbocycles. The van der Waals surface area contributed by atoms with Crippen molar-refractivity contribution in [3.63, 3.8) is 0 Å². The van der Waals surface area contributed by atoms with Crippen molar-refractivity contribution in [3.05, 3.63) is 63.7 Å². The van der Waals surface area contributed by atoms with E-state index in [1.807, 2.05) is 19.9 Å². The van der Waals surface area contributed by atoms with Crippen molar-refractivity contribution in [2.45, 2.75) is 26.8 Å². The molecule has 0 aromatic heterocycles. The zero-order chi connectivity index (χ0) is 20.4. The Morgan fingerprint density at radius 1 is 1.15 bits per heavy atom. The highest BCUT2D eigenvalue weighted by Gasteiger charge is 2.29. The van der Waals surface area contributed by atoms with Gasteiger partial charge >= 0.3 is 0 Å². The molecule has 2 aromatic rings. The van der Waals surface area contributed by atoms with Gasteiger partial charge in [0.2, 0.25) is 15.9 Å². The van der Waals surface area contributed by atoms with Gasteiger partial charge in [0.1, 0.15) is 6.04 Å². The van der Waals surface area contributed by atoms with E-state index >= 15 is 0 Å². The highest BCUT2D eigenvalue weighted by atomic mass is 32.2. The molecule has 1 atom stereocenters. The number of nitro benzene ring substituents is 1. The number of carbonyl (C=O) groups excluding carboxylic acids is 1. The van der Waals surface area contributed by atoms with E-state index in [-0.39, 0.29) is 11.4 Å². The average Bonchev–Trinajstić information content (AvgIpc) is 2.52. The smallest absolute Gasteiger partial charge is 0.271 e. The van der Waals surface area contributed by atoms with Crippen molar-refractivity contribution < 1.29 is 18.1 Å². The first-order valence-corrected chi connectivity index (χ1v) is 9.97. The lowest BCUT2D eigenvalue weighted by Crippen LogP contribution is -2.45. The number of nitro groups is 1. The molecule has 0 fully saturated rings. The molecule has 8 nitrogen and oxygen atoms in total. The van der Waals surface area contributed by atoms with E-state index in [1.54, 1.807) is 12.1 Å². The number of nitrogens with zero attached hydrogens (tertiary/aromatic N) is 2. The summed E-state index contributed by atoms with van der Waals surface area (Å²) in [6, 6.07) is 9.67. The van der Waals surface area contributed by atoms with E-state index in [0.717, 1.165) is 21.7 Å². The van der Waals surface area contributed by atoms with Crippen LogP contribution in [0, 0.1) is 24.0 Å². The summed E-state index contributed by atoms with van der Waals surface area (Å²) in [7, 11) is -3.75. The minimum Gasteiger partial charge on any atom is -0.324 e. The van der Waals surface area contributed by atoms with Gasteiger partial charge in [-0.2, -0.15) is 0 Å². The molecule has 9 heteroatoms. The van der Waals surface area contributed by atoms with Crippen LogP contribution in [0.1, 0.15) is 18.1 Å². The molecule has 0 unspecified atom stereocenters. The predicted molar refractivity (Wildman–Crippen MR) is 104 cm³/mol. The Labute approximate surface area is 158 Å². The van der Waals surface area contributed by atoms with Crippen molar-refractivity contribution in [1.29, 1.82) is 0 Å². The molecule has 0 spiro atoms. The third-order valence-electron chi connectivity index (χ3n) is 3.87. The standard InChI is InChI=1S/C18H21N3O5S/c1-12-8-13(2)10-17(9-12)20(27(4,25)26)14(3)18(22)19-15-6-5-7-16(11-15)21(23)24/h5-11,14H,1-4H3,(H,19,22)/t14-/m1/s1. The fourth-order valence-electron chi connectivity index (χ4n) is 2.83. The molecule has 1 amide bonds. The molecule has 0 aliphatic rings. The maximum Gasteiger partial charge on any atom is 0.271 e. The molecule has 1 N–H and O–H groups in total. The number of amides is 1. The van der Waals surface area contributed by atoms with E-state index in [2.05, 4.69) is 5.32 Å². The molecule has 0 bridgehead atoms. The number of sulfonamides is 1. The minimum absolute atomic E-state index is 0.172. The maximum atomic E-state index is 12.6. The number of nitrogens with one attached hydrogen (secondary N) is 1. The normalized spacial score (nSPS) is 12.3. The van der Waals surface area contributed by atoms with E-state index in [9.17, 15) is 23.3 Å². The van der Waals surface area contributed by atoms with Crippen LogP contribution < -0.4 is 9.62 Å². The zero-order valence-electron chi connectivity index (χ0n) is 15.5. The van der Waals surface area contributed by atoms with Crippen LogP contribution in [0.25, 0.3) is 0 Å². The topological polar surface area (TPSA) is 110 Å². The van der Waals surface area contributed by atoms with Crippen LogP contribution in [-0.4, -0.2) is 31.5 Å². The van der Waals surface area contributed by atoms with Gasteiger partial charge in [-0.3, -0.25) is 19.2 Å². The second-order valence-electron chi connectivity index (χ2n) is 6.38. The molecule has 27 heavy (non-hydrogen) atoms. The molecule has 0 aliphatic heterocycles. The number of non-ortho nitro benzene ring substituents is 1. The third-order valence-corrected chi connectivity index (χ3v) is 5.12. The van der Waals surface area contributed by atoms with E-state index in [0.29, 0.717) is 5.69 Å². The van der Waals surface area contributed by atoms with Crippen molar-refractivity contribution in [1.82, 2.24) is 0 Å². The van der Waals surface area contributed by atoms with Gasteiger partial charge in [-0.15, -0.1) is 0 Å². The van der Waals surface area contributed by atoms with Crippen LogP contribution in [0.4, 0.5) is 17.1 Å². The van der Waals surface area contributed by atoms with Crippen molar-refractivity contribution in [3.8, 4) is 0 Å². The quantitative estimate of drug-likeness (QED) is 0.601. The largest absolute Gasteiger partial charge is 0.324 e. The number of benzene rings is 2. The lowest BCUT2D eigenvalue weighted by atomic mass is 10.1. The van der Waals surface area contributed by atoms with Crippen molar-refractivity contribution in [2.24, 2.45) is 0 Å². The van der Waals surface area contributed by atoms with Gasteiger partial charge in [-0.1, -0.05) is 12.1 Å². The van der Waals surface area contributed by atoms with Crippen LogP contribution in [-0.2, 0) is 14.8 Å². The molecule has 144 valence electrons. The van der Waals surface area contributed by atoms with Gasteiger partial charge < -0.3 is 5.32 Å². The Bertz CT molecular complexity index is 968. The van der Waals surface area contributed by atoms with Crippen LogP contribution >= 0.6 is 0 Å². The molecule has 0 radical (unpaired) electrons. The summed E-state index contributed by atoms with van der Waals surface area (Å²) < 4.78 is 25.7. The van der Waals surface area contributed by atoms with E-state index < -0.39 is 26.9 Å². The fraction of sp³-hybridized carbons (Fsp3) is 0.278. The van der Waals surface area contributed by atoms with Gasteiger partial charge in [0, 0.05) is 17.8 Å². The van der Waals surface area contributed by atoms with Crippen molar-refractivity contribution in [2.75, 3.05) is 15.9 Å². The van der Waals surface area contributed by atoms with Gasteiger partial charge in [0.05, 0.1) is 16.9 Å². The van der Waals surface area contributed by atoms with Gasteiger partial charge in [-0.05, 0) is 50.1 Å². The van der Waals surface area contributed by atoms with E-state index in [1.165, 1.54) is 31.2 Å². The lowest BCUT2D eigenvalue weighted by molar-refractivity contribution is -0.384. The van der Waals surface area contributed by atoms with E-state index in [4.69, 9.17) is 0 Å². The molecule has 0 saturated heterocycles.